The van der Waals surface area contributed by atoms with Crippen molar-refractivity contribution in [3.63, 3.8) is 0 Å². The molecule has 37 heavy (non-hydrogen) atoms. The van der Waals surface area contributed by atoms with Gasteiger partial charge in [0.15, 0.2) is 5.96 Å². The molecule has 1 aromatic rings. The summed E-state index contributed by atoms with van der Waals surface area (Å²) >= 11 is 1.44. The third-order valence-corrected chi connectivity index (χ3v) is 5.93. The van der Waals surface area contributed by atoms with Gasteiger partial charge in [0.25, 0.3) is 0 Å². The molecule has 1 rings (SSSR count). The van der Waals surface area contributed by atoms with Gasteiger partial charge >= 0.3 is 5.97 Å². The lowest BCUT2D eigenvalue weighted by atomic mass is 10.1. The number of phenols is 1. The number of rotatable bonds is 16. The van der Waals surface area contributed by atoms with Crippen LogP contribution >= 0.6 is 11.8 Å². The number of carbonyl (C=O) groups excluding carboxylic acids is 3. The molecule has 0 aromatic heterocycles. The molecule has 4 atom stereocenters. The zero-order valence-electron chi connectivity index (χ0n) is 21.0. The topological polar surface area (TPSA) is 235 Å². The summed E-state index contributed by atoms with van der Waals surface area (Å²) in [6.45, 7) is 1.64. The maximum absolute atomic E-state index is 12.9. The first kappa shape index (κ1) is 31.5. The lowest BCUT2D eigenvalue weighted by Gasteiger charge is -2.23. The number of amides is 3. The summed E-state index contributed by atoms with van der Waals surface area (Å²) < 4.78 is 0. The zero-order chi connectivity index (χ0) is 28.0. The van der Waals surface area contributed by atoms with Crippen molar-refractivity contribution in [2.24, 2.45) is 22.2 Å². The Hall–Kier alpha value is -3.52. The number of carbonyl (C=O) groups is 4. The fourth-order valence-corrected chi connectivity index (χ4v) is 3.67. The first-order valence-electron chi connectivity index (χ1n) is 11.7. The second kappa shape index (κ2) is 16.3. The van der Waals surface area contributed by atoms with E-state index in [-0.39, 0.29) is 37.5 Å². The monoisotopic (exact) mass is 539 g/mol. The number of benzene rings is 1. The van der Waals surface area contributed by atoms with E-state index in [9.17, 15) is 29.4 Å². The molecule has 0 aliphatic rings. The average molecular weight is 540 g/mol. The van der Waals surface area contributed by atoms with E-state index in [2.05, 4.69) is 20.9 Å². The van der Waals surface area contributed by atoms with Crippen LogP contribution in [0.5, 0.6) is 5.75 Å². The molecular weight excluding hydrogens is 502 g/mol. The summed E-state index contributed by atoms with van der Waals surface area (Å²) in [6.07, 6.45) is 2.67. The number of nitrogens with two attached hydrogens (primary N) is 3. The number of nitrogens with one attached hydrogen (secondary N) is 3. The maximum atomic E-state index is 12.9. The van der Waals surface area contributed by atoms with Crippen molar-refractivity contribution in [2.45, 2.75) is 56.8 Å². The largest absolute Gasteiger partial charge is 0.508 e. The quantitative estimate of drug-likeness (QED) is 0.0696. The minimum Gasteiger partial charge on any atom is -0.508 e. The number of hydrogen-bond donors (Lipinski definition) is 8. The second-order valence-corrected chi connectivity index (χ2v) is 9.38. The highest BCUT2D eigenvalue weighted by molar-refractivity contribution is 7.98. The third-order valence-electron chi connectivity index (χ3n) is 5.28. The van der Waals surface area contributed by atoms with Crippen molar-refractivity contribution in [3.8, 4) is 5.75 Å². The number of aliphatic imine (C=N–C) groups is 1. The molecule has 1 aromatic carbocycles. The Bertz CT molecular complexity index is 940. The van der Waals surface area contributed by atoms with Gasteiger partial charge in [-0.3, -0.25) is 19.4 Å². The van der Waals surface area contributed by atoms with Gasteiger partial charge in [0, 0.05) is 6.54 Å². The Morgan fingerprint density at radius 1 is 0.973 bits per heavy atom. The van der Waals surface area contributed by atoms with E-state index in [0.29, 0.717) is 12.2 Å². The Morgan fingerprint density at radius 2 is 1.59 bits per heavy atom. The Kier molecular flexibility index (Phi) is 13.9. The molecule has 4 unspecified atom stereocenters. The molecule has 0 aliphatic heterocycles. The number of aromatic hydroxyl groups is 1. The Labute approximate surface area is 220 Å². The molecule has 3 amide bonds. The summed E-state index contributed by atoms with van der Waals surface area (Å²) in [4.78, 5) is 53.5. The molecular formula is C23H37N7O6S. The van der Waals surface area contributed by atoms with Crippen molar-refractivity contribution in [1.82, 2.24) is 16.0 Å². The standard InChI is InChI=1S/C23H37N7O6S/c1-13(28-20(33)16(24)12-14-5-7-15(31)8-6-14)19(32)29-17(4-3-10-27-23(25)26)21(34)30-18(22(35)36)9-11-37-2/h5-8,13,16-18,31H,3-4,9-12,24H2,1-2H3,(H,28,33)(H,29,32)(H,30,34)(H,35,36)(H4,25,26,27). The van der Waals surface area contributed by atoms with Gasteiger partial charge in [0.1, 0.15) is 23.9 Å². The number of hydrogen-bond acceptors (Lipinski definition) is 8. The van der Waals surface area contributed by atoms with Crippen LogP contribution in [-0.4, -0.2) is 82.6 Å². The van der Waals surface area contributed by atoms with E-state index in [1.54, 1.807) is 12.1 Å². The highest BCUT2D eigenvalue weighted by atomic mass is 32.2. The SMILES string of the molecule is CSCCC(NC(=O)C(CCCN=C(N)N)NC(=O)C(C)NC(=O)C(N)Cc1ccc(O)cc1)C(=O)O. The summed E-state index contributed by atoms with van der Waals surface area (Å²) in [5.41, 5.74) is 17.3. The zero-order valence-corrected chi connectivity index (χ0v) is 21.8. The number of carboxylic acids is 1. The van der Waals surface area contributed by atoms with E-state index in [1.165, 1.54) is 30.8 Å². The van der Waals surface area contributed by atoms with Crippen LogP contribution in [0, 0.1) is 0 Å². The normalized spacial score (nSPS) is 13.9. The highest BCUT2D eigenvalue weighted by Crippen LogP contribution is 2.11. The van der Waals surface area contributed by atoms with Gasteiger partial charge in [-0.15, -0.1) is 0 Å². The number of nitrogens with zero attached hydrogens (tertiary/aromatic N) is 1. The van der Waals surface area contributed by atoms with Crippen LogP contribution in [0.25, 0.3) is 0 Å². The molecule has 0 saturated heterocycles. The number of guanidine groups is 1. The van der Waals surface area contributed by atoms with Crippen LogP contribution in [0.15, 0.2) is 29.3 Å². The van der Waals surface area contributed by atoms with Crippen LogP contribution in [0.4, 0.5) is 0 Å². The fourth-order valence-electron chi connectivity index (χ4n) is 3.20. The van der Waals surface area contributed by atoms with Crippen molar-refractivity contribution in [1.29, 1.82) is 0 Å². The predicted molar refractivity (Wildman–Crippen MR) is 142 cm³/mol. The third kappa shape index (κ3) is 12.3. The van der Waals surface area contributed by atoms with E-state index < -0.39 is 47.9 Å². The van der Waals surface area contributed by atoms with Crippen LogP contribution in [-0.2, 0) is 25.6 Å². The minimum atomic E-state index is -1.18. The van der Waals surface area contributed by atoms with Gasteiger partial charge in [0.05, 0.1) is 6.04 Å². The molecule has 0 bridgehead atoms. The summed E-state index contributed by atoms with van der Waals surface area (Å²) in [6, 6.07) is 2.04. The lowest BCUT2D eigenvalue weighted by Crippen LogP contribution is -2.56. The smallest absolute Gasteiger partial charge is 0.326 e. The van der Waals surface area contributed by atoms with Crippen LogP contribution < -0.4 is 33.2 Å². The van der Waals surface area contributed by atoms with Crippen LogP contribution in [0.1, 0.15) is 31.7 Å². The number of carboxylic acid groups (broad SMARTS) is 1. The molecule has 0 heterocycles. The van der Waals surface area contributed by atoms with Crippen LogP contribution in [0.2, 0.25) is 0 Å². The van der Waals surface area contributed by atoms with Crippen molar-refractivity contribution in [2.75, 3.05) is 18.6 Å². The van der Waals surface area contributed by atoms with E-state index in [1.807, 2.05) is 6.26 Å². The Balaban J connectivity index is 2.80. The highest BCUT2D eigenvalue weighted by Gasteiger charge is 2.28. The van der Waals surface area contributed by atoms with Gasteiger partial charge < -0.3 is 43.4 Å². The predicted octanol–water partition coefficient (Wildman–Crippen LogP) is -1.37. The first-order valence-corrected chi connectivity index (χ1v) is 13.1. The molecule has 0 aliphatic carbocycles. The van der Waals surface area contributed by atoms with E-state index in [4.69, 9.17) is 17.2 Å². The lowest BCUT2D eigenvalue weighted by molar-refractivity contribution is -0.142. The van der Waals surface area contributed by atoms with Crippen molar-refractivity contribution < 1.29 is 29.4 Å². The molecule has 0 saturated carbocycles. The van der Waals surface area contributed by atoms with Gasteiger partial charge in [-0.05, 0) is 62.3 Å². The molecule has 0 spiro atoms. The average Bonchev–Trinajstić information content (AvgIpc) is 2.84. The number of aliphatic carboxylic acids is 1. The molecule has 14 heteroatoms. The molecule has 11 N–H and O–H groups in total. The number of phenolic OH excluding ortho intramolecular Hbond substituents is 1. The van der Waals surface area contributed by atoms with Gasteiger partial charge in [-0.2, -0.15) is 11.8 Å². The minimum absolute atomic E-state index is 0.0860. The van der Waals surface area contributed by atoms with Crippen molar-refractivity contribution in [3.05, 3.63) is 29.8 Å². The molecule has 0 radical (unpaired) electrons. The second-order valence-electron chi connectivity index (χ2n) is 8.40. The first-order chi connectivity index (χ1) is 17.4. The van der Waals surface area contributed by atoms with Crippen LogP contribution in [0.3, 0.4) is 0 Å². The summed E-state index contributed by atoms with van der Waals surface area (Å²) in [5, 5.41) is 26.3. The van der Waals surface area contributed by atoms with Crippen molar-refractivity contribution >= 4 is 41.4 Å². The molecule has 206 valence electrons. The Morgan fingerprint density at radius 3 is 2.16 bits per heavy atom. The maximum Gasteiger partial charge on any atom is 0.326 e. The fraction of sp³-hybridized carbons (Fsp3) is 0.522. The van der Waals surface area contributed by atoms with Gasteiger partial charge in [-0.25, -0.2) is 4.79 Å². The van der Waals surface area contributed by atoms with Gasteiger partial charge in [0.2, 0.25) is 17.7 Å². The summed E-state index contributed by atoms with van der Waals surface area (Å²) in [5.74, 6) is -2.59. The summed E-state index contributed by atoms with van der Waals surface area (Å²) in [7, 11) is 0. The number of thioether (sulfide) groups is 1. The molecule has 13 nitrogen and oxygen atoms in total. The van der Waals surface area contributed by atoms with E-state index in [0.717, 1.165) is 5.56 Å². The van der Waals surface area contributed by atoms with E-state index >= 15 is 0 Å². The molecule has 0 fully saturated rings. The van der Waals surface area contributed by atoms with Gasteiger partial charge in [-0.1, -0.05) is 12.1 Å².